The molecule has 0 spiro atoms. The zero-order valence-electron chi connectivity index (χ0n) is 12.6. The maximum atomic E-state index is 6.26. The van der Waals surface area contributed by atoms with Gasteiger partial charge < -0.3 is 10.2 Å². The maximum Gasteiger partial charge on any atom is 0.129 e. The van der Waals surface area contributed by atoms with Crippen molar-refractivity contribution in [2.24, 2.45) is 0 Å². The van der Waals surface area contributed by atoms with Crippen LogP contribution in [-0.2, 0) is 6.54 Å². The molecule has 1 N–H and O–H groups in total. The summed E-state index contributed by atoms with van der Waals surface area (Å²) >= 11 is 6.26. The molecular weight excluding hydrogens is 270 g/mol. The fourth-order valence-corrected chi connectivity index (χ4v) is 2.23. The minimum atomic E-state index is 0.0539. The third kappa shape index (κ3) is 4.22. The van der Waals surface area contributed by atoms with Crippen LogP contribution in [0.2, 0.25) is 5.02 Å². The molecule has 0 aromatic carbocycles. The van der Waals surface area contributed by atoms with E-state index in [9.17, 15) is 0 Å². The molecular formula is C16H24ClN3. The topological polar surface area (TPSA) is 28.2 Å². The van der Waals surface area contributed by atoms with Crippen molar-refractivity contribution >= 4 is 17.4 Å². The molecule has 110 valence electrons. The number of rotatable bonds is 6. The Morgan fingerprint density at radius 2 is 2.15 bits per heavy atom. The van der Waals surface area contributed by atoms with E-state index in [0.717, 1.165) is 23.1 Å². The van der Waals surface area contributed by atoms with Crippen molar-refractivity contribution in [3.05, 3.63) is 35.5 Å². The quantitative estimate of drug-likeness (QED) is 0.809. The van der Waals surface area contributed by atoms with Crippen molar-refractivity contribution in [3.63, 3.8) is 0 Å². The molecule has 1 aliphatic carbocycles. The van der Waals surface area contributed by atoms with E-state index < -0.39 is 0 Å². The Hall–Kier alpha value is -1.06. The number of anilines is 1. The van der Waals surface area contributed by atoms with Crippen LogP contribution in [0.25, 0.3) is 0 Å². The summed E-state index contributed by atoms with van der Waals surface area (Å²) in [5.74, 6) is 1.00. The highest BCUT2D eigenvalue weighted by Crippen LogP contribution is 2.31. The van der Waals surface area contributed by atoms with Gasteiger partial charge in [0.1, 0.15) is 5.82 Å². The summed E-state index contributed by atoms with van der Waals surface area (Å²) in [6.45, 7) is 11.8. The Kier molecular flexibility index (Phi) is 4.71. The van der Waals surface area contributed by atoms with E-state index in [1.807, 2.05) is 18.2 Å². The molecule has 1 heterocycles. The van der Waals surface area contributed by atoms with E-state index in [0.29, 0.717) is 12.6 Å². The minimum absolute atomic E-state index is 0.0539. The molecule has 0 amide bonds. The van der Waals surface area contributed by atoms with Crippen molar-refractivity contribution in [1.29, 1.82) is 0 Å². The monoisotopic (exact) mass is 293 g/mol. The zero-order chi connectivity index (χ0) is 14.8. The van der Waals surface area contributed by atoms with Crippen LogP contribution < -0.4 is 10.2 Å². The second-order valence-electron chi connectivity index (χ2n) is 6.37. The summed E-state index contributed by atoms with van der Waals surface area (Å²) in [6.07, 6.45) is 4.42. The molecule has 0 saturated heterocycles. The number of halogens is 1. The largest absolute Gasteiger partial charge is 0.350 e. The fourth-order valence-electron chi connectivity index (χ4n) is 2.06. The lowest BCUT2D eigenvalue weighted by molar-refractivity contribution is 0.421. The van der Waals surface area contributed by atoms with Crippen LogP contribution in [0, 0.1) is 0 Å². The van der Waals surface area contributed by atoms with Gasteiger partial charge in [0.05, 0.1) is 10.7 Å². The predicted molar refractivity (Wildman–Crippen MR) is 86.4 cm³/mol. The van der Waals surface area contributed by atoms with Crippen LogP contribution in [0.5, 0.6) is 0 Å². The van der Waals surface area contributed by atoms with Gasteiger partial charge in [-0.1, -0.05) is 17.7 Å². The molecule has 0 atom stereocenters. The Bertz CT molecular complexity index is 475. The molecule has 0 radical (unpaired) electrons. The molecule has 0 aliphatic heterocycles. The smallest absolute Gasteiger partial charge is 0.129 e. The van der Waals surface area contributed by atoms with Crippen molar-refractivity contribution < 1.29 is 0 Å². The second kappa shape index (κ2) is 6.15. The molecule has 1 aromatic rings. The lowest BCUT2D eigenvalue weighted by Crippen LogP contribution is -2.35. The summed E-state index contributed by atoms with van der Waals surface area (Å²) in [4.78, 5) is 7.05. The normalized spacial score (nSPS) is 15.2. The van der Waals surface area contributed by atoms with Gasteiger partial charge in [0.2, 0.25) is 0 Å². The zero-order valence-corrected chi connectivity index (χ0v) is 13.4. The van der Waals surface area contributed by atoms with Crippen molar-refractivity contribution in [2.75, 3.05) is 11.4 Å². The first-order chi connectivity index (χ1) is 9.40. The molecule has 1 aromatic heterocycles. The van der Waals surface area contributed by atoms with Crippen molar-refractivity contribution in [2.45, 2.75) is 51.7 Å². The van der Waals surface area contributed by atoms with E-state index in [4.69, 9.17) is 16.6 Å². The lowest BCUT2D eigenvalue weighted by atomic mass is 10.1. The first-order valence-electron chi connectivity index (χ1n) is 7.19. The maximum absolute atomic E-state index is 6.26. The third-order valence-electron chi connectivity index (χ3n) is 3.30. The molecule has 0 bridgehead atoms. The first kappa shape index (κ1) is 15.3. The first-order valence-corrected chi connectivity index (χ1v) is 7.56. The Morgan fingerprint density at radius 1 is 1.45 bits per heavy atom. The molecule has 20 heavy (non-hydrogen) atoms. The fraction of sp³-hybridized carbons (Fsp3) is 0.562. The molecule has 4 heteroatoms. The number of hydrogen-bond acceptors (Lipinski definition) is 3. The summed E-state index contributed by atoms with van der Waals surface area (Å²) < 4.78 is 0. The van der Waals surface area contributed by atoms with E-state index in [2.05, 4.69) is 37.6 Å². The van der Waals surface area contributed by atoms with Crippen LogP contribution in [0.3, 0.4) is 0 Å². The SMILES string of the molecule is C=CCN(c1ccc(Cl)c(CNC(C)(C)C)n1)C1CC1. The summed E-state index contributed by atoms with van der Waals surface area (Å²) in [5, 5.41) is 4.16. The van der Waals surface area contributed by atoms with Gasteiger partial charge in [-0.25, -0.2) is 4.98 Å². The summed E-state index contributed by atoms with van der Waals surface area (Å²) in [7, 11) is 0. The minimum Gasteiger partial charge on any atom is -0.350 e. The van der Waals surface area contributed by atoms with Crippen LogP contribution in [0.1, 0.15) is 39.3 Å². The van der Waals surface area contributed by atoms with Gasteiger partial charge >= 0.3 is 0 Å². The highest BCUT2D eigenvalue weighted by molar-refractivity contribution is 6.31. The number of nitrogens with zero attached hydrogens (tertiary/aromatic N) is 2. The third-order valence-corrected chi connectivity index (χ3v) is 3.64. The van der Waals surface area contributed by atoms with Crippen LogP contribution in [0.4, 0.5) is 5.82 Å². The lowest BCUT2D eigenvalue weighted by Gasteiger charge is -2.24. The van der Waals surface area contributed by atoms with Gasteiger partial charge in [-0.15, -0.1) is 6.58 Å². The van der Waals surface area contributed by atoms with Gasteiger partial charge in [-0.05, 0) is 45.7 Å². The average Bonchev–Trinajstić information content (AvgIpc) is 3.18. The van der Waals surface area contributed by atoms with Crippen LogP contribution in [-0.4, -0.2) is 23.1 Å². The van der Waals surface area contributed by atoms with E-state index in [-0.39, 0.29) is 5.54 Å². The second-order valence-corrected chi connectivity index (χ2v) is 6.78. The van der Waals surface area contributed by atoms with Crippen LogP contribution in [0.15, 0.2) is 24.8 Å². The highest BCUT2D eigenvalue weighted by atomic mass is 35.5. The summed E-state index contributed by atoms with van der Waals surface area (Å²) in [6, 6.07) is 4.57. The van der Waals surface area contributed by atoms with Gasteiger partial charge in [0, 0.05) is 24.7 Å². The molecule has 2 rings (SSSR count). The number of pyridine rings is 1. The Balaban J connectivity index is 2.16. The highest BCUT2D eigenvalue weighted by Gasteiger charge is 2.29. The van der Waals surface area contributed by atoms with Crippen LogP contribution >= 0.6 is 11.6 Å². The van der Waals surface area contributed by atoms with E-state index in [1.54, 1.807) is 0 Å². The van der Waals surface area contributed by atoms with E-state index >= 15 is 0 Å². The van der Waals surface area contributed by atoms with Gasteiger partial charge in [0.15, 0.2) is 0 Å². The molecule has 1 saturated carbocycles. The molecule has 3 nitrogen and oxygen atoms in total. The average molecular weight is 294 g/mol. The molecule has 1 fully saturated rings. The molecule has 0 unspecified atom stereocenters. The Morgan fingerprint density at radius 3 is 2.70 bits per heavy atom. The van der Waals surface area contributed by atoms with E-state index in [1.165, 1.54) is 12.8 Å². The van der Waals surface area contributed by atoms with Crippen molar-refractivity contribution in [3.8, 4) is 0 Å². The van der Waals surface area contributed by atoms with Gasteiger partial charge in [-0.3, -0.25) is 0 Å². The van der Waals surface area contributed by atoms with Gasteiger partial charge in [-0.2, -0.15) is 0 Å². The predicted octanol–water partition coefficient (Wildman–Crippen LogP) is 3.78. The summed E-state index contributed by atoms with van der Waals surface area (Å²) in [5.41, 5.74) is 0.965. The molecule has 1 aliphatic rings. The van der Waals surface area contributed by atoms with Gasteiger partial charge in [0.25, 0.3) is 0 Å². The number of hydrogen-bond donors (Lipinski definition) is 1. The van der Waals surface area contributed by atoms with Crippen molar-refractivity contribution in [1.82, 2.24) is 10.3 Å². The Labute approximate surface area is 127 Å². The standard InChI is InChI=1S/C16H24ClN3/c1-5-10-20(12-6-7-12)15-9-8-13(17)14(19-15)11-18-16(2,3)4/h5,8-9,12,18H,1,6-7,10-11H2,2-4H3. The number of aromatic nitrogens is 1. The number of nitrogens with one attached hydrogen (secondary N) is 1.